The van der Waals surface area contributed by atoms with Gasteiger partial charge in [0.1, 0.15) is 0 Å². The standard InChI is InChI=1S/C30H50N6O2/c1-4-5-6-7-8-9-29(37)38-23-36-21-26-19-25(18-24(2)30(26)32-36)20-27(31)22-34-14-16-35(17-15-34)28-10-12-33(3)13-11-28/h18-19,21,27-28H,4-17,20,22-23,31H2,1-3H3/t27-/m1/s1. The lowest BCUT2D eigenvalue weighted by molar-refractivity contribution is -0.148. The van der Waals surface area contributed by atoms with Crippen molar-refractivity contribution in [1.82, 2.24) is 24.5 Å². The number of unbranched alkanes of at least 4 members (excludes halogenated alkanes) is 4. The van der Waals surface area contributed by atoms with Crippen LogP contribution in [0.3, 0.4) is 0 Å². The molecule has 1 aromatic carbocycles. The van der Waals surface area contributed by atoms with Crippen LogP contribution in [0.5, 0.6) is 0 Å². The second-order valence-electron chi connectivity index (χ2n) is 11.7. The number of ether oxygens (including phenoxy) is 1. The van der Waals surface area contributed by atoms with Crippen molar-refractivity contribution in [3.8, 4) is 0 Å². The Balaban J connectivity index is 1.22. The quantitative estimate of drug-likeness (QED) is 0.314. The van der Waals surface area contributed by atoms with Crippen molar-refractivity contribution in [2.45, 2.75) is 90.4 Å². The third-order valence-electron chi connectivity index (χ3n) is 8.35. The number of carbonyl (C=O) groups is 1. The van der Waals surface area contributed by atoms with E-state index in [2.05, 4.69) is 52.8 Å². The van der Waals surface area contributed by atoms with Crippen molar-refractivity contribution < 1.29 is 9.53 Å². The van der Waals surface area contributed by atoms with Gasteiger partial charge in [-0.3, -0.25) is 14.6 Å². The smallest absolute Gasteiger partial charge is 0.307 e. The number of aromatic nitrogens is 2. The van der Waals surface area contributed by atoms with E-state index in [0.29, 0.717) is 6.42 Å². The van der Waals surface area contributed by atoms with Crippen LogP contribution in [0.2, 0.25) is 0 Å². The number of piperazine rings is 1. The highest BCUT2D eigenvalue weighted by Crippen LogP contribution is 2.21. The number of likely N-dealkylation sites (tertiary alicyclic amines) is 1. The van der Waals surface area contributed by atoms with Gasteiger partial charge in [0.2, 0.25) is 0 Å². The fourth-order valence-corrected chi connectivity index (χ4v) is 6.07. The molecule has 0 unspecified atom stereocenters. The lowest BCUT2D eigenvalue weighted by Gasteiger charge is -2.42. The van der Waals surface area contributed by atoms with E-state index in [0.717, 1.165) is 74.5 Å². The fraction of sp³-hybridized carbons (Fsp3) is 0.733. The van der Waals surface area contributed by atoms with Gasteiger partial charge in [-0.15, -0.1) is 0 Å². The number of nitrogens with zero attached hydrogens (tertiary/aromatic N) is 5. The van der Waals surface area contributed by atoms with E-state index in [1.807, 2.05) is 6.20 Å². The average Bonchev–Trinajstić information content (AvgIpc) is 3.32. The lowest BCUT2D eigenvalue weighted by Crippen LogP contribution is -2.54. The molecule has 2 saturated heterocycles. The van der Waals surface area contributed by atoms with E-state index in [4.69, 9.17) is 10.5 Å². The molecule has 38 heavy (non-hydrogen) atoms. The maximum absolute atomic E-state index is 12.1. The zero-order valence-corrected chi connectivity index (χ0v) is 24.0. The van der Waals surface area contributed by atoms with Crippen molar-refractivity contribution in [2.75, 3.05) is 52.9 Å². The van der Waals surface area contributed by atoms with Crippen molar-refractivity contribution in [2.24, 2.45) is 5.73 Å². The van der Waals surface area contributed by atoms with Crippen molar-refractivity contribution in [3.05, 3.63) is 29.5 Å². The Kier molecular flexibility index (Phi) is 11.0. The third-order valence-corrected chi connectivity index (χ3v) is 8.35. The van der Waals surface area contributed by atoms with Crippen molar-refractivity contribution >= 4 is 16.9 Å². The Bertz CT molecular complexity index is 1010. The minimum Gasteiger partial charge on any atom is -0.442 e. The first-order valence-electron chi connectivity index (χ1n) is 14.9. The Morgan fingerprint density at radius 2 is 1.82 bits per heavy atom. The van der Waals surface area contributed by atoms with E-state index in [9.17, 15) is 4.79 Å². The molecule has 0 spiro atoms. The van der Waals surface area contributed by atoms with Gasteiger partial charge in [-0.2, -0.15) is 5.10 Å². The van der Waals surface area contributed by atoms with Crippen LogP contribution in [0.1, 0.15) is 69.4 Å². The summed E-state index contributed by atoms with van der Waals surface area (Å²) in [5.41, 5.74) is 9.98. The Morgan fingerprint density at radius 3 is 2.55 bits per heavy atom. The van der Waals surface area contributed by atoms with E-state index in [1.54, 1.807) is 4.68 Å². The molecular formula is C30H50N6O2. The van der Waals surface area contributed by atoms with E-state index in [1.165, 1.54) is 50.8 Å². The van der Waals surface area contributed by atoms with Gasteiger partial charge in [-0.25, -0.2) is 4.68 Å². The van der Waals surface area contributed by atoms with Crippen LogP contribution in [0, 0.1) is 6.92 Å². The van der Waals surface area contributed by atoms with E-state index >= 15 is 0 Å². The largest absolute Gasteiger partial charge is 0.442 e. The average molecular weight is 527 g/mol. The molecule has 2 fully saturated rings. The molecule has 212 valence electrons. The molecular weight excluding hydrogens is 476 g/mol. The van der Waals surface area contributed by atoms with Gasteiger partial charge in [0, 0.05) is 62.8 Å². The zero-order valence-electron chi connectivity index (χ0n) is 24.0. The summed E-state index contributed by atoms with van der Waals surface area (Å²) in [6.45, 7) is 12.4. The summed E-state index contributed by atoms with van der Waals surface area (Å²) in [5, 5.41) is 5.74. The highest BCUT2D eigenvalue weighted by Gasteiger charge is 2.27. The number of esters is 1. The monoisotopic (exact) mass is 526 g/mol. The molecule has 4 rings (SSSR count). The fourth-order valence-electron chi connectivity index (χ4n) is 6.07. The number of hydrogen-bond acceptors (Lipinski definition) is 7. The van der Waals surface area contributed by atoms with Gasteiger partial charge >= 0.3 is 5.97 Å². The molecule has 0 saturated carbocycles. The van der Waals surface area contributed by atoms with E-state index < -0.39 is 0 Å². The first-order chi connectivity index (χ1) is 18.4. The van der Waals surface area contributed by atoms with Gasteiger partial charge in [0.05, 0.1) is 5.52 Å². The molecule has 2 aromatic rings. The molecule has 2 aliphatic rings. The van der Waals surface area contributed by atoms with Crippen LogP contribution in [-0.4, -0.2) is 95.4 Å². The molecule has 0 aliphatic carbocycles. The predicted octanol–water partition coefficient (Wildman–Crippen LogP) is 3.79. The predicted molar refractivity (Wildman–Crippen MR) is 154 cm³/mol. The van der Waals surface area contributed by atoms with Crippen LogP contribution in [-0.2, 0) is 22.7 Å². The van der Waals surface area contributed by atoms with Gasteiger partial charge < -0.3 is 15.4 Å². The second-order valence-corrected chi connectivity index (χ2v) is 11.7. The Hall–Kier alpha value is -2.00. The van der Waals surface area contributed by atoms with Crippen molar-refractivity contribution in [3.63, 3.8) is 0 Å². The number of fused-ring (bicyclic) bond motifs is 1. The number of nitrogens with two attached hydrogens (primary N) is 1. The topological polar surface area (TPSA) is 79.9 Å². The molecule has 8 nitrogen and oxygen atoms in total. The summed E-state index contributed by atoms with van der Waals surface area (Å²) in [7, 11) is 2.23. The molecule has 0 radical (unpaired) electrons. The first-order valence-corrected chi connectivity index (χ1v) is 14.9. The number of piperidine rings is 1. The lowest BCUT2D eigenvalue weighted by atomic mass is 10.0. The summed E-state index contributed by atoms with van der Waals surface area (Å²) in [6, 6.07) is 5.27. The van der Waals surface area contributed by atoms with Crippen LogP contribution in [0.25, 0.3) is 10.9 Å². The maximum atomic E-state index is 12.1. The molecule has 2 N–H and O–H groups in total. The molecule has 2 aliphatic heterocycles. The van der Waals surface area contributed by atoms with Gasteiger partial charge in [-0.05, 0) is 69.9 Å². The van der Waals surface area contributed by atoms with Gasteiger partial charge in [0.15, 0.2) is 6.73 Å². The number of rotatable bonds is 13. The van der Waals surface area contributed by atoms with E-state index in [-0.39, 0.29) is 18.7 Å². The number of benzene rings is 1. The summed E-state index contributed by atoms with van der Waals surface area (Å²) in [4.78, 5) is 19.8. The minimum atomic E-state index is -0.142. The normalized spacial score (nSPS) is 19.3. The number of hydrogen-bond donors (Lipinski definition) is 1. The number of carbonyl (C=O) groups excluding carboxylic acids is 1. The Labute approximate surface area is 229 Å². The Morgan fingerprint density at radius 1 is 1.08 bits per heavy atom. The summed E-state index contributed by atoms with van der Waals surface area (Å²) >= 11 is 0. The molecule has 0 bridgehead atoms. The summed E-state index contributed by atoms with van der Waals surface area (Å²) in [5.74, 6) is -0.142. The minimum absolute atomic E-state index is 0.107. The molecule has 8 heteroatoms. The molecule has 1 atom stereocenters. The zero-order chi connectivity index (χ0) is 26.9. The third kappa shape index (κ3) is 8.50. The molecule has 0 amide bonds. The van der Waals surface area contributed by atoms with Crippen LogP contribution < -0.4 is 5.73 Å². The highest BCUT2D eigenvalue weighted by atomic mass is 16.5. The van der Waals surface area contributed by atoms with Crippen LogP contribution >= 0.6 is 0 Å². The maximum Gasteiger partial charge on any atom is 0.307 e. The van der Waals surface area contributed by atoms with Crippen LogP contribution in [0.4, 0.5) is 0 Å². The first kappa shape index (κ1) is 29.0. The molecule has 1 aromatic heterocycles. The van der Waals surface area contributed by atoms with Gasteiger partial charge in [-0.1, -0.05) is 38.7 Å². The van der Waals surface area contributed by atoms with Crippen LogP contribution in [0.15, 0.2) is 18.3 Å². The summed E-state index contributed by atoms with van der Waals surface area (Å²) in [6.07, 6.45) is 11.5. The molecule has 3 heterocycles. The highest BCUT2D eigenvalue weighted by molar-refractivity contribution is 5.82. The SMILES string of the molecule is CCCCCCCC(=O)OCn1cc2cc(C[C@@H](N)CN3CCN(C4CCN(C)CC4)CC3)cc(C)c2n1. The van der Waals surface area contributed by atoms with Crippen molar-refractivity contribution in [1.29, 1.82) is 0 Å². The number of aryl methyl sites for hydroxylation is 1. The summed E-state index contributed by atoms with van der Waals surface area (Å²) < 4.78 is 7.20. The second kappa shape index (κ2) is 14.4. The van der Waals surface area contributed by atoms with Gasteiger partial charge in [0.25, 0.3) is 0 Å².